The summed E-state index contributed by atoms with van der Waals surface area (Å²) < 4.78 is 4.50. The van der Waals surface area contributed by atoms with Crippen molar-refractivity contribution in [1.82, 2.24) is 15.0 Å². The number of nitrogens with one attached hydrogen (secondary N) is 2. The standard InChI is InChI=1S/C8H7N3O3/c1-14-8(13)5-2-4-6(11-5)7(12)10-3-9-4/h2-3,11H,1H3,(H,9,10,12). The summed E-state index contributed by atoms with van der Waals surface area (Å²) in [5.74, 6) is -0.526. The Labute approximate surface area is 77.9 Å². The summed E-state index contributed by atoms with van der Waals surface area (Å²) in [5, 5.41) is 0. The third kappa shape index (κ3) is 1.17. The molecule has 6 nitrogen and oxygen atoms in total. The van der Waals surface area contributed by atoms with Crippen LogP contribution >= 0.6 is 0 Å². The SMILES string of the molecule is COC(=O)c1cc2nc[nH]c(=O)c2[nH]1. The average Bonchev–Trinajstić information content (AvgIpc) is 2.62. The zero-order valence-corrected chi connectivity index (χ0v) is 7.33. The lowest BCUT2D eigenvalue weighted by atomic mass is 10.4. The van der Waals surface area contributed by atoms with E-state index in [4.69, 9.17) is 0 Å². The van der Waals surface area contributed by atoms with Crippen molar-refractivity contribution in [1.29, 1.82) is 0 Å². The third-order valence-corrected chi connectivity index (χ3v) is 1.83. The van der Waals surface area contributed by atoms with Crippen LogP contribution in [0.2, 0.25) is 0 Å². The van der Waals surface area contributed by atoms with Gasteiger partial charge in [0, 0.05) is 0 Å². The molecule has 0 aromatic carbocycles. The van der Waals surface area contributed by atoms with E-state index in [0.29, 0.717) is 5.52 Å². The number of methoxy groups -OCH3 is 1. The maximum Gasteiger partial charge on any atom is 0.354 e. The summed E-state index contributed by atoms with van der Waals surface area (Å²) in [6, 6.07) is 1.47. The highest BCUT2D eigenvalue weighted by Crippen LogP contribution is 2.08. The van der Waals surface area contributed by atoms with Crippen molar-refractivity contribution in [2.24, 2.45) is 0 Å². The molecule has 0 aliphatic carbocycles. The average molecular weight is 193 g/mol. The number of hydrogen-bond donors (Lipinski definition) is 2. The molecule has 0 aliphatic heterocycles. The number of rotatable bonds is 1. The molecule has 0 bridgehead atoms. The van der Waals surface area contributed by atoms with Crippen molar-refractivity contribution in [3.05, 3.63) is 28.4 Å². The first-order chi connectivity index (χ1) is 6.72. The van der Waals surface area contributed by atoms with E-state index >= 15 is 0 Å². The van der Waals surface area contributed by atoms with E-state index in [1.165, 1.54) is 19.5 Å². The van der Waals surface area contributed by atoms with Crippen LogP contribution in [0.15, 0.2) is 17.2 Å². The van der Waals surface area contributed by atoms with E-state index in [2.05, 4.69) is 19.7 Å². The van der Waals surface area contributed by atoms with E-state index in [9.17, 15) is 9.59 Å². The molecule has 0 saturated carbocycles. The number of carbonyl (C=O) groups excluding carboxylic acids is 1. The molecule has 2 heterocycles. The summed E-state index contributed by atoms with van der Waals surface area (Å²) >= 11 is 0. The van der Waals surface area contributed by atoms with Crippen LogP contribution in [-0.2, 0) is 4.74 Å². The number of nitrogens with zero attached hydrogens (tertiary/aromatic N) is 1. The van der Waals surface area contributed by atoms with Crippen LogP contribution in [0.25, 0.3) is 11.0 Å². The minimum absolute atomic E-state index is 0.215. The molecule has 2 rings (SSSR count). The zero-order chi connectivity index (χ0) is 10.1. The fraction of sp³-hybridized carbons (Fsp3) is 0.125. The predicted octanol–water partition coefficient (Wildman–Crippen LogP) is 0.0378. The summed E-state index contributed by atoms with van der Waals surface area (Å²) in [5.41, 5.74) is 0.610. The fourth-order valence-electron chi connectivity index (χ4n) is 1.17. The Morgan fingerprint density at radius 3 is 3.00 bits per heavy atom. The molecular weight excluding hydrogens is 186 g/mol. The van der Waals surface area contributed by atoms with Crippen LogP contribution < -0.4 is 5.56 Å². The normalized spacial score (nSPS) is 10.4. The van der Waals surface area contributed by atoms with Gasteiger partial charge in [0.15, 0.2) is 0 Å². The van der Waals surface area contributed by atoms with Crippen LogP contribution in [0.1, 0.15) is 10.5 Å². The fourth-order valence-corrected chi connectivity index (χ4v) is 1.17. The van der Waals surface area contributed by atoms with Gasteiger partial charge in [-0.05, 0) is 6.07 Å². The van der Waals surface area contributed by atoms with E-state index in [1.807, 2.05) is 0 Å². The quantitative estimate of drug-likeness (QED) is 0.626. The minimum Gasteiger partial charge on any atom is -0.464 e. The van der Waals surface area contributed by atoms with Gasteiger partial charge in [0.2, 0.25) is 0 Å². The maximum atomic E-state index is 11.2. The highest BCUT2D eigenvalue weighted by molar-refractivity contribution is 5.93. The van der Waals surface area contributed by atoms with Gasteiger partial charge in [0.25, 0.3) is 5.56 Å². The van der Waals surface area contributed by atoms with Gasteiger partial charge >= 0.3 is 5.97 Å². The summed E-state index contributed by atoms with van der Waals surface area (Å²) in [7, 11) is 1.27. The van der Waals surface area contributed by atoms with Gasteiger partial charge in [-0.3, -0.25) is 4.79 Å². The van der Waals surface area contributed by atoms with Gasteiger partial charge in [0.1, 0.15) is 11.2 Å². The third-order valence-electron chi connectivity index (χ3n) is 1.83. The molecule has 0 saturated heterocycles. The van der Waals surface area contributed by atoms with E-state index in [0.717, 1.165) is 0 Å². The highest BCUT2D eigenvalue weighted by atomic mass is 16.5. The number of H-pyrrole nitrogens is 2. The molecule has 0 fully saturated rings. The Hall–Kier alpha value is -2.11. The van der Waals surface area contributed by atoms with Crippen molar-refractivity contribution >= 4 is 17.0 Å². The van der Waals surface area contributed by atoms with Crippen LogP contribution in [0.5, 0.6) is 0 Å². The molecule has 14 heavy (non-hydrogen) atoms. The molecule has 0 aliphatic rings. The second-order valence-corrected chi connectivity index (χ2v) is 2.67. The second kappa shape index (κ2) is 2.99. The molecule has 0 amide bonds. The summed E-state index contributed by atoms with van der Waals surface area (Å²) in [6.45, 7) is 0. The van der Waals surface area contributed by atoms with Gasteiger partial charge in [-0.1, -0.05) is 0 Å². The zero-order valence-electron chi connectivity index (χ0n) is 7.33. The van der Waals surface area contributed by atoms with Gasteiger partial charge in [-0.25, -0.2) is 9.78 Å². The predicted molar refractivity (Wildman–Crippen MR) is 48.1 cm³/mol. The number of hydrogen-bond acceptors (Lipinski definition) is 4. The second-order valence-electron chi connectivity index (χ2n) is 2.67. The number of ether oxygens (including phenoxy) is 1. The largest absolute Gasteiger partial charge is 0.464 e. The minimum atomic E-state index is -0.526. The van der Waals surface area contributed by atoms with Crippen LogP contribution in [-0.4, -0.2) is 28.0 Å². The molecule has 2 aromatic heterocycles. The van der Waals surface area contributed by atoms with E-state index in [1.54, 1.807) is 0 Å². The van der Waals surface area contributed by atoms with Gasteiger partial charge in [-0.15, -0.1) is 0 Å². The molecule has 72 valence electrons. The lowest BCUT2D eigenvalue weighted by Crippen LogP contribution is -2.06. The lowest BCUT2D eigenvalue weighted by Gasteiger charge is -1.91. The monoisotopic (exact) mass is 193 g/mol. The number of aromatic nitrogens is 3. The maximum absolute atomic E-state index is 11.2. The van der Waals surface area contributed by atoms with Crippen LogP contribution in [0, 0.1) is 0 Å². The Bertz CT molecular complexity index is 540. The van der Waals surface area contributed by atoms with Crippen molar-refractivity contribution in [3.63, 3.8) is 0 Å². The Balaban J connectivity index is 2.68. The van der Waals surface area contributed by atoms with Gasteiger partial charge in [-0.2, -0.15) is 0 Å². The Morgan fingerprint density at radius 1 is 1.57 bits per heavy atom. The Kier molecular flexibility index (Phi) is 1.81. The summed E-state index contributed by atoms with van der Waals surface area (Å²) in [6.07, 6.45) is 1.28. The van der Waals surface area contributed by atoms with Crippen molar-refractivity contribution in [2.75, 3.05) is 7.11 Å². The molecule has 0 spiro atoms. The molecule has 2 N–H and O–H groups in total. The smallest absolute Gasteiger partial charge is 0.354 e. The molecule has 0 radical (unpaired) electrons. The molecule has 6 heteroatoms. The van der Waals surface area contributed by atoms with Gasteiger partial charge < -0.3 is 14.7 Å². The Morgan fingerprint density at radius 2 is 2.36 bits per heavy atom. The molecular formula is C8H7N3O3. The highest BCUT2D eigenvalue weighted by Gasteiger charge is 2.11. The summed E-state index contributed by atoms with van der Waals surface area (Å²) in [4.78, 5) is 31.2. The van der Waals surface area contributed by atoms with Crippen LogP contribution in [0.4, 0.5) is 0 Å². The number of carbonyl (C=O) groups is 1. The number of aromatic amines is 2. The van der Waals surface area contributed by atoms with E-state index < -0.39 is 5.97 Å². The first-order valence-corrected chi connectivity index (χ1v) is 3.87. The van der Waals surface area contributed by atoms with E-state index in [-0.39, 0.29) is 16.8 Å². The van der Waals surface area contributed by atoms with Crippen molar-refractivity contribution in [2.45, 2.75) is 0 Å². The van der Waals surface area contributed by atoms with Crippen molar-refractivity contribution < 1.29 is 9.53 Å². The lowest BCUT2D eigenvalue weighted by molar-refractivity contribution is 0.0595. The molecule has 0 unspecified atom stereocenters. The van der Waals surface area contributed by atoms with Gasteiger partial charge in [0.05, 0.1) is 19.0 Å². The number of esters is 1. The number of fused-ring (bicyclic) bond motifs is 1. The van der Waals surface area contributed by atoms with Crippen molar-refractivity contribution in [3.8, 4) is 0 Å². The first-order valence-electron chi connectivity index (χ1n) is 3.87. The first kappa shape index (κ1) is 8.49. The topological polar surface area (TPSA) is 87.8 Å². The molecule has 0 atom stereocenters. The van der Waals surface area contributed by atoms with Crippen LogP contribution in [0.3, 0.4) is 0 Å². The molecule has 2 aromatic rings.